The van der Waals surface area contributed by atoms with Gasteiger partial charge in [0.1, 0.15) is 5.82 Å². The van der Waals surface area contributed by atoms with Crippen molar-refractivity contribution in [2.75, 3.05) is 24.5 Å². The van der Waals surface area contributed by atoms with Crippen molar-refractivity contribution in [1.82, 2.24) is 15.3 Å². The molecule has 3 aromatic rings. The highest BCUT2D eigenvalue weighted by Crippen LogP contribution is 2.22. The van der Waals surface area contributed by atoms with Gasteiger partial charge in [0, 0.05) is 31.7 Å². The molecule has 0 aliphatic heterocycles. The minimum atomic E-state index is -0.516. The highest BCUT2D eigenvalue weighted by atomic mass is 16.2. The number of rotatable bonds is 9. The third-order valence-corrected chi connectivity index (χ3v) is 5.06. The number of amides is 1. The third kappa shape index (κ3) is 4.91. The number of aromatic amines is 1. The zero-order valence-electron chi connectivity index (χ0n) is 17.0. The number of hydrogen-bond acceptors (Lipinski definition) is 3. The summed E-state index contributed by atoms with van der Waals surface area (Å²) in [4.78, 5) is 22.9. The van der Waals surface area contributed by atoms with Gasteiger partial charge in [-0.25, -0.2) is 4.98 Å². The second-order valence-electron chi connectivity index (χ2n) is 7.79. The van der Waals surface area contributed by atoms with Crippen molar-refractivity contribution >= 4 is 22.6 Å². The van der Waals surface area contributed by atoms with Crippen molar-refractivity contribution in [2.45, 2.75) is 33.6 Å². The van der Waals surface area contributed by atoms with Crippen molar-refractivity contribution in [3.63, 3.8) is 0 Å². The van der Waals surface area contributed by atoms with Crippen molar-refractivity contribution in [3.05, 3.63) is 60.4 Å². The van der Waals surface area contributed by atoms with Gasteiger partial charge < -0.3 is 15.2 Å². The summed E-state index contributed by atoms with van der Waals surface area (Å²) in [6.45, 7) is 8.64. The Hall–Kier alpha value is -2.82. The Morgan fingerprint density at radius 3 is 2.54 bits per heavy atom. The van der Waals surface area contributed by atoms with Crippen LogP contribution in [0, 0.1) is 5.41 Å². The molecule has 2 N–H and O–H groups in total. The summed E-state index contributed by atoms with van der Waals surface area (Å²) in [5.74, 6) is 0.915. The number of carbonyl (C=O) groups is 1. The monoisotopic (exact) mass is 378 g/mol. The van der Waals surface area contributed by atoms with E-state index in [1.165, 1.54) is 5.69 Å². The molecule has 0 radical (unpaired) electrons. The summed E-state index contributed by atoms with van der Waals surface area (Å²) < 4.78 is 0. The Bertz CT molecular complexity index is 868. The molecule has 0 aliphatic rings. The first-order valence-corrected chi connectivity index (χ1v) is 10.0. The predicted molar refractivity (Wildman–Crippen MR) is 116 cm³/mol. The standard InChI is InChI=1S/C23H30N4O/c1-4-27(18-11-6-5-7-12-18)16-10-15-24-22(28)23(2,3)17-21-25-19-13-8-9-14-20(19)26-21/h5-9,11-14H,4,10,15-17H2,1-3H3,(H,24,28)(H,25,26). The summed E-state index contributed by atoms with van der Waals surface area (Å²) in [5, 5.41) is 3.10. The van der Waals surface area contributed by atoms with E-state index < -0.39 is 5.41 Å². The quantitative estimate of drug-likeness (QED) is 0.550. The second-order valence-corrected chi connectivity index (χ2v) is 7.79. The van der Waals surface area contributed by atoms with Crippen LogP contribution in [-0.4, -0.2) is 35.5 Å². The summed E-state index contributed by atoms with van der Waals surface area (Å²) in [5.41, 5.74) is 2.66. The Morgan fingerprint density at radius 1 is 1.11 bits per heavy atom. The lowest BCUT2D eigenvalue weighted by Crippen LogP contribution is -2.40. The zero-order chi connectivity index (χ0) is 20.0. The Kier molecular flexibility index (Phi) is 6.34. The largest absolute Gasteiger partial charge is 0.372 e. The van der Waals surface area contributed by atoms with E-state index >= 15 is 0 Å². The molecule has 3 rings (SSSR count). The molecule has 28 heavy (non-hydrogen) atoms. The SMILES string of the molecule is CCN(CCCNC(=O)C(C)(C)Cc1nc2ccccc2[nH]1)c1ccccc1. The van der Waals surface area contributed by atoms with E-state index in [2.05, 4.69) is 51.4 Å². The lowest BCUT2D eigenvalue weighted by atomic mass is 9.88. The van der Waals surface area contributed by atoms with Crippen LogP contribution >= 0.6 is 0 Å². The molecule has 5 nitrogen and oxygen atoms in total. The first-order chi connectivity index (χ1) is 13.5. The van der Waals surface area contributed by atoms with E-state index in [1.54, 1.807) is 0 Å². The van der Waals surface area contributed by atoms with E-state index in [0.717, 1.165) is 36.4 Å². The number of anilines is 1. The van der Waals surface area contributed by atoms with Gasteiger partial charge in [-0.2, -0.15) is 0 Å². The molecule has 5 heteroatoms. The first-order valence-electron chi connectivity index (χ1n) is 10.0. The number of nitrogens with one attached hydrogen (secondary N) is 2. The maximum Gasteiger partial charge on any atom is 0.226 e. The topological polar surface area (TPSA) is 61.0 Å². The molecule has 0 bridgehead atoms. The second kappa shape index (κ2) is 8.91. The molecule has 0 fully saturated rings. The summed E-state index contributed by atoms with van der Waals surface area (Å²) >= 11 is 0. The molecule has 1 heterocycles. The van der Waals surface area contributed by atoms with Crippen molar-refractivity contribution in [2.24, 2.45) is 5.41 Å². The van der Waals surface area contributed by atoms with E-state index in [0.29, 0.717) is 13.0 Å². The highest BCUT2D eigenvalue weighted by Gasteiger charge is 2.29. The summed E-state index contributed by atoms with van der Waals surface area (Å²) in [7, 11) is 0. The van der Waals surface area contributed by atoms with Gasteiger partial charge in [-0.15, -0.1) is 0 Å². The number of aromatic nitrogens is 2. The van der Waals surface area contributed by atoms with Crippen LogP contribution in [0.3, 0.4) is 0 Å². The number of carbonyl (C=O) groups excluding carboxylic acids is 1. The fourth-order valence-electron chi connectivity index (χ4n) is 3.41. The van der Waals surface area contributed by atoms with E-state index in [1.807, 2.05) is 44.2 Å². The molecule has 0 aliphatic carbocycles. The van der Waals surface area contributed by atoms with Gasteiger partial charge in [0.25, 0.3) is 0 Å². The lowest BCUT2D eigenvalue weighted by Gasteiger charge is -2.25. The van der Waals surface area contributed by atoms with Crippen LogP contribution in [0.5, 0.6) is 0 Å². The van der Waals surface area contributed by atoms with Gasteiger partial charge >= 0.3 is 0 Å². The third-order valence-electron chi connectivity index (χ3n) is 5.06. The lowest BCUT2D eigenvalue weighted by molar-refractivity contribution is -0.129. The van der Waals surface area contributed by atoms with Crippen LogP contribution in [0.1, 0.15) is 33.0 Å². The molecule has 0 atom stereocenters. The van der Waals surface area contributed by atoms with E-state index in [4.69, 9.17) is 0 Å². The molecular weight excluding hydrogens is 348 g/mol. The number of nitrogens with zero attached hydrogens (tertiary/aromatic N) is 2. The maximum atomic E-state index is 12.7. The number of benzene rings is 2. The fourth-order valence-corrected chi connectivity index (χ4v) is 3.41. The zero-order valence-corrected chi connectivity index (χ0v) is 17.0. The molecule has 0 saturated carbocycles. The molecule has 148 valence electrons. The normalized spacial score (nSPS) is 11.5. The Balaban J connectivity index is 1.49. The van der Waals surface area contributed by atoms with Crippen LogP contribution in [0.15, 0.2) is 54.6 Å². The predicted octanol–water partition coefficient (Wildman–Crippen LogP) is 4.16. The molecule has 1 amide bonds. The van der Waals surface area contributed by atoms with Gasteiger partial charge in [-0.05, 0) is 37.6 Å². The number of imidazole rings is 1. The van der Waals surface area contributed by atoms with Gasteiger partial charge in [0.05, 0.1) is 16.4 Å². The summed E-state index contributed by atoms with van der Waals surface area (Å²) in [6.07, 6.45) is 1.49. The molecule has 0 saturated heterocycles. The summed E-state index contributed by atoms with van der Waals surface area (Å²) in [6, 6.07) is 18.3. The molecule has 2 aromatic carbocycles. The molecular formula is C23H30N4O. The highest BCUT2D eigenvalue weighted by molar-refractivity contribution is 5.82. The van der Waals surface area contributed by atoms with Crippen LogP contribution in [-0.2, 0) is 11.2 Å². The van der Waals surface area contributed by atoms with Crippen molar-refractivity contribution in [3.8, 4) is 0 Å². The van der Waals surface area contributed by atoms with Gasteiger partial charge in [0.15, 0.2) is 0 Å². The first kappa shape index (κ1) is 19.9. The molecule has 0 unspecified atom stereocenters. The Labute approximate surface area is 167 Å². The smallest absolute Gasteiger partial charge is 0.226 e. The number of hydrogen-bond donors (Lipinski definition) is 2. The Morgan fingerprint density at radius 2 is 1.82 bits per heavy atom. The van der Waals surface area contributed by atoms with E-state index in [9.17, 15) is 4.79 Å². The molecule has 0 spiro atoms. The van der Waals surface area contributed by atoms with E-state index in [-0.39, 0.29) is 5.91 Å². The van der Waals surface area contributed by atoms with Gasteiger partial charge in [-0.1, -0.05) is 44.2 Å². The fraction of sp³-hybridized carbons (Fsp3) is 0.391. The number of para-hydroxylation sites is 3. The van der Waals surface area contributed by atoms with Crippen LogP contribution in [0.25, 0.3) is 11.0 Å². The van der Waals surface area contributed by atoms with Crippen molar-refractivity contribution < 1.29 is 4.79 Å². The minimum Gasteiger partial charge on any atom is -0.372 e. The average molecular weight is 379 g/mol. The van der Waals surface area contributed by atoms with Gasteiger partial charge in [0.2, 0.25) is 5.91 Å². The molecule has 1 aromatic heterocycles. The van der Waals surface area contributed by atoms with Gasteiger partial charge in [-0.3, -0.25) is 4.79 Å². The van der Waals surface area contributed by atoms with Crippen LogP contribution in [0.2, 0.25) is 0 Å². The minimum absolute atomic E-state index is 0.0655. The number of fused-ring (bicyclic) bond motifs is 1. The van der Waals surface area contributed by atoms with Crippen LogP contribution < -0.4 is 10.2 Å². The average Bonchev–Trinajstić information content (AvgIpc) is 3.10. The maximum absolute atomic E-state index is 12.7. The van der Waals surface area contributed by atoms with Crippen molar-refractivity contribution in [1.29, 1.82) is 0 Å². The van der Waals surface area contributed by atoms with Crippen LogP contribution in [0.4, 0.5) is 5.69 Å². The number of H-pyrrole nitrogens is 1.